The number of hydrogen-bond donors (Lipinski definition) is 0. The van der Waals surface area contributed by atoms with Crippen molar-refractivity contribution < 1.29 is 14.0 Å². The van der Waals surface area contributed by atoms with Crippen LogP contribution in [0.15, 0.2) is 30.3 Å². The van der Waals surface area contributed by atoms with E-state index >= 15 is 0 Å². The normalized spacial score (nSPS) is 17.9. The first-order valence-corrected chi connectivity index (χ1v) is 14.2. The molecule has 2 rings (SSSR count). The highest BCUT2D eigenvalue weighted by atomic mass is 16.5. The molecule has 0 aromatic heterocycles. The van der Waals surface area contributed by atoms with Crippen molar-refractivity contribution in [1.82, 2.24) is 0 Å². The molecular formula is C30H54NO2+. The summed E-state index contributed by atoms with van der Waals surface area (Å²) in [5, 5.41) is 0. The summed E-state index contributed by atoms with van der Waals surface area (Å²) in [6.45, 7) is 5.15. The molecule has 0 amide bonds. The highest BCUT2D eigenvalue weighted by Crippen LogP contribution is 2.18. The fraction of sp³-hybridized carbons (Fsp3) is 0.800. The van der Waals surface area contributed by atoms with Crippen LogP contribution in [0.25, 0.3) is 0 Å². The van der Waals surface area contributed by atoms with Crippen molar-refractivity contribution in [3.63, 3.8) is 0 Å². The van der Waals surface area contributed by atoms with Crippen molar-refractivity contribution in [2.24, 2.45) is 0 Å². The lowest BCUT2D eigenvalue weighted by molar-refractivity contribution is -0.898. The van der Waals surface area contributed by atoms with Gasteiger partial charge in [-0.15, -0.1) is 0 Å². The Balaban J connectivity index is 1.22. The predicted molar refractivity (Wildman–Crippen MR) is 142 cm³/mol. The molecule has 0 bridgehead atoms. The molecule has 1 aliphatic rings. The molecule has 0 spiro atoms. The van der Waals surface area contributed by atoms with E-state index in [9.17, 15) is 0 Å². The highest BCUT2D eigenvalue weighted by Gasteiger charge is 2.27. The summed E-state index contributed by atoms with van der Waals surface area (Å²) in [5.41, 5.74) is 1.28. The van der Waals surface area contributed by atoms with Gasteiger partial charge in [0.25, 0.3) is 0 Å². The van der Waals surface area contributed by atoms with Crippen LogP contribution in [0.4, 0.5) is 0 Å². The van der Waals surface area contributed by atoms with E-state index in [4.69, 9.17) is 9.47 Å². The largest absolute Gasteiger partial charge is 0.377 e. The second-order valence-corrected chi connectivity index (χ2v) is 11.0. The zero-order valence-corrected chi connectivity index (χ0v) is 22.1. The van der Waals surface area contributed by atoms with Gasteiger partial charge in [-0.3, -0.25) is 0 Å². The van der Waals surface area contributed by atoms with Crippen LogP contribution >= 0.6 is 0 Å². The summed E-state index contributed by atoms with van der Waals surface area (Å²) < 4.78 is 13.0. The van der Waals surface area contributed by atoms with E-state index in [2.05, 4.69) is 44.4 Å². The lowest BCUT2D eigenvalue weighted by Crippen LogP contribution is -2.50. The molecule has 0 saturated carbocycles. The van der Waals surface area contributed by atoms with Gasteiger partial charge in [0.2, 0.25) is 0 Å². The van der Waals surface area contributed by atoms with Crippen molar-refractivity contribution in [3.05, 3.63) is 35.9 Å². The molecule has 1 aromatic rings. The van der Waals surface area contributed by atoms with Gasteiger partial charge in [-0.1, -0.05) is 107 Å². The van der Waals surface area contributed by atoms with E-state index in [1.807, 2.05) is 0 Å². The van der Waals surface area contributed by atoms with Gasteiger partial charge < -0.3 is 14.0 Å². The molecular weight excluding hydrogens is 406 g/mol. The first-order chi connectivity index (χ1) is 16.2. The molecule has 33 heavy (non-hydrogen) atoms. The molecule has 1 unspecified atom stereocenters. The molecule has 1 heterocycles. The van der Waals surface area contributed by atoms with Gasteiger partial charge in [0.1, 0.15) is 12.6 Å². The molecule has 1 atom stereocenters. The third kappa shape index (κ3) is 15.6. The standard InChI is InChI=1S/C30H54NO2/c1-31(2)24-20-23-30(27-31)33-26-19-14-12-10-8-6-4-3-5-7-9-11-13-18-25-32-28-29-21-16-15-17-22-29/h15-17,21-22,30H,3-14,18-20,23-28H2,1-2H3/q+1. The van der Waals surface area contributed by atoms with Crippen LogP contribution in [0.5, 0.6) is 0 Å². The van der Waals surface area contributed by atoms with Gasteiger partial charge in [-0.25, -0.2) is 0 Å². The van der Waals surface area contributed by atoms with Crippen molar-refractivity contribution in [2.75, 3.05) is 40.4 Å². The Hall–Kier alpha value is -0.900. The molecule has 1 saturated heterocycles. The maximum absolute atomic E-state index is 6.14. The van der Waals surface area contributed by atoms with Gasteiger partial charge in [-0.2, -0.15) is 0 Å². The number of hydrogen-bond acceptors (Lipinski definition) is 2. The summed E-state index contributed by atoms with van der Waals surface area (Å²) in [6, 6.07) is 10.5. The van der Waals surface area contributed by atoms with Crippen LogP contribution in [-0.2, 0) is 16.1 Å². The molecule has 0 radical (unpaired) electrons. The van der Waals surface area contributed by atoms with Crippen LogP contribution in [0.2, 0.25) is 0 Å². The van der Waals surface area contributed by atoms with E-state index in [1.165, 1.54) is 121 Å². The van der Waals surface area contributed by atoms with Gasteiger partial charge in [0, 0.05) is 13.2 Å². The van der Waals surface area contributed by atoms with E-state index < -0.39 is 0 Å². The van der Waals surface area contributed by atoms with Crippen LogP contribution in [0.1, 0.15) is 108 Å². The molecule has 190 valence electrons. The number of nitrogens with zero attached hydrogens (tertiary/aromatic N) is 1. The number of ether oxygens (including phenoxy) is 2. The first kappa shape index (κ1) is 28.3. The van der Waals surface area contributed by atoms with Crippen LogP contribution in [0, 0.1) is 0 Å². The zero-order valence-electron chi connectivity index (χ0n) is 22.1. The van der Waals surface area contributed by atoms with Crippen molar-refractivity contribution in [3.8, 4) is 0 Å². The topological polar surface area (TPSA) is 18.5 Å². The molecule has 1 aliphatic heterocycles. The molecule has 0 aliphatic carbocycles. The second kappa shape index (κ2) is 18.4. The Morgan fingerprint density at radius 2 is 1.21 bits per heavy atom. The minimum absolute atomic E-state index is 0.507. The fourth-order valence-corrected chi connectivity index (χ4v) is 5.06. The van der Waals surface area contributed by atoms with Crippen molar-refractivity contribution in [1.29, 1.82) is 0 Å². The summed E-state index contributed by atoms with van der Waals surface area (Å²) in [4.78, 5) is 0. The first-order valence-electron chi connectivity index (χ1n) is 14.2. The summed E-state index contributed by atoms with van der Waals surface area (Å²) in [7, 11) is 4.67. The SMILES string of the molecule is C[N+]1(C)CCCC(OCCCCCCCCCCCCCCCCOCc2ccccc2)C1. The Bertz CT molecular complexity index is 560. The average molecular weight is 461 g/mol. The van der Waals surface area contributed by atoms with Gasteiger partial charge in [0.15, 0.2) is 0 Å². The summed E-state index contributed by atoms with van der Waals surface area (Å²) in [6.07, 6.45) is 22.4. The summed E-state index contributed by atoms with van der Waals surface area (Å²) in [5.74, 6) is 0. The number of likely N-dealkylation sites (tertiary alicyclic amines) is 1. The number of quaternary nitrogens is 1. The van der Waals surface area contributed by atoms with E-state index in [-0.39, 0.29) is 0 Å². The number of likely N-dealkylation sites (N-methyl/N-ethyl adjacent to an activating group) is 1. The number of unbranched alkanes of at least 4 members (excludes halogenated alkanes) is 13. The van der Waals surface area contributed by atoms with E-state index in [0.29, 0.717) is 6.10 Å². The Morgan fingerprint density at radius 1 is 0.697 bits per heavy atom. The third-order valence-electron chi connectivity index (χ3n) is 7.14. The smallest absolute Gasteiger partial charge is 0.107 e. The Morgan fingerprint density at radius 3 is 1.76 bits per heavy atom. The van der Waals surface area contributed by atoms with Gasteiger partial charge in [0.05, 0.1) is 27.2 Å². The van der Waals surface area contributed by atoms with E-state index in [0.717, 1.165) is 24.3 Å². The van der Waals surface area contributed by atoms with Gasteiger partial charge in [-0.05, 0) is 31.2 Å². The quantitative estimate of drug-likeness (QED) is 0.145. The van der Waals surface area contributed by atoms with Crippen molar-refractivity contribution in [2.45, 2.75) is 115 Å². The minimum Gasteiger partial charge on any atom is -0.377 e. The maximum atomic E-state index is 6.14. The van der Waals surface area contributed by atoms with E-state index in [1.54, 1.807) is 0 Å². The molecule has 3 heteroatoms. The Kier molecular flexibility index (Phi) is 15.8. The van der Waals surface area contributed by atoms with Crippen LogP contribution < -0.4 is 0 Å². The zero-order chi connectivity index (χ0) is 23.5. The number of rotatable bonds is 20. The Labute approximate surface area is 205 Å². The lowest BCUT2D eigenvalue weighted by atomic mass is 10.0. The minimum atomic E-state index is 0.507. The van der Waals surface area contributed by atoms with Crippen LogP contribution in [-0.4, -0.2) is 51.0 Å². The maximum Gasteiger partial charge on any atom is 0.107 e. The van der Waals surface area contributed by atoms with Crippen LogP contribution in [0.3, 0.4) is 0 Å². The predicted octanol–water partition coefficient (Wildman–Crippen LogP) is 7.92. The highest BCUT2D eigenvalue weighted by molar-refractivity contribution is 5.13. The molecule has 3 nitrogen and oxygen atoms in total. The molecule has 0 N–H and O–H groups in total. The lowest BCUT2D eigenvalue weighted by Gasteiger charge is -2.37. The number of piperidine rings is 1. The van der Waals surface area contributed by atoms with Gasteiger partial charge >= 0.3 is 0 Å². The summed E-state index contributed by atoms with van der Waals surface area (Å²) >= 11 is 0. The molecule has 1 aromatic carbocycles. The third-order valence-corrected chi connectivity index (χ3v) is 7.14. The fourth-order valence-electron chi connectivity index (χ4n) is 5.06. The number of benzene rings is 1. The molecule has 1 fully saturated rings. The average Bonchev–Trinajstić information content (AvgIpc) is 2.80. The second-order valence-electron chi connectivity index (χ2n) is 11.0. The monoisotopic (exact) mass is 460 g/mol. The van der Waals surface area contributed by atoms with Crippen molar-refractivity contribution >= 4 is 0 Å².